The van der Waals surface area contributed by atoms with E-state index in [0.717, 1.165) is 36.6 Å². The minimum Gasteiger partial charge on any atom is -0.492 e. The third-order valence-corrected chi connectivity index (χ3v) is 6.33. The van der Waals surface area contributed by atoms with Gasteiger partial charge in [0, 0.05) is 31.7 Å². The monoisotopic (exact) mass is 567 g/mol. The summed E-state index contributed by atoms with van der Waals surface area (Å²) in [6.45, 7) is 2.35. The highest BCUT2D eigenvalue weighted by Crippen LogP contribution is 2.34. The fourth-order valence-electron chi connectivity index (χ4n) is 3.70. The van der Waals surface area contributed by atoms with Gasteiger partial charge in [0.1, 0.15) is 5.75 Å². The smallest absolute Gasteiger partial charge is 0.261 e. The molecule has 1 saturated carbocycles. The molecular weight excluding hydrogens is 537 g/mol. The number of hydrogen-bond donors (Lipinski definition) is 3. The first-order valence-corrected chi connectivity index (χ1v) is 12.0. The lowest BCUT2D eigenvalue weighted by molar-refractivity contribution is -0.112. The van der Waals surface area contributed by atoms with Crippen LogP contribution in [0.25, 0.3) is 10.9 Å². The van der Waals surface area contributed by atoms with E-state index in [1.807, 2.05) is 52.5 Å². The van der Waals surface area contributed by atoms with Crippen LogP contribution in [0.5, 0.6) is 5.75 Å². The Morgan fingerprint density at radius 2 is 2.09 bits per heavy atom. The molecule has 33 heavy (non-hydrogen) atoms. The third kappa shape index (κ3) is 6.47. The van der Waals surface area contributed by atoms with Gasteiger partial charge in [-0.1, -0.05) is 11.2 Å². The van der Waals surface area contributed by atoms with Gasteiger partial charge in [-0.05, 0) is 73.4 Å². The van der Waals surface area contributed by atoms with Gasteiger partial charge < -0.3 is 25.3 Å². The van der Waals surface area contributed by atoms with E-state index >= 15 is 0 Å². The van der Waals surface area contributed by atoms with Crippen molar-refractivity contribution in [3.8, 4) is 5.75 Å². The molecule has 10 heteroatoms. The van der Waals surface area contributed by atoms with Crippen LogP contribution in [0, 0.1) is 0 Å². The average molecular weight is 567 g/mol. The average Bonchev–Trinajstić information content (AvgIpc) is 3.19. The number of amides is 1. The Morgan fingerprint density at radius 1 is 1.36 bits per heavy atom. The van der Waals surface area contributed by atoms with E-state index < -0.39 is 0 Å². The number of aliphatic hydroxyl groups excluding tert-OH is 1. The zero-order chi connectivity index (χ0) is 24.0. The molecule has 1 heterocycles. The number of allylic oxidation sites excluding steroid dienone is 2. The number of nitrogens with zero attached hydrogens (tertiary/aromatic N) is 4. The number of carbonyl (C=O) groups is 1. The number of halogens is 1. The quantitative estimate of drug-likeness (QED) is 0.0885. The molecule has 9 nitrogen and oxygen atoms in total. The molecule has 0 atom stereocenters. The summed E-state index contributed by atoms with van der Waals surface area (Å²) in [7, 11) is 3.51. The number of rotatable bonds is 7. The Labute approximate surface area is 206 Å². The second kappa shape index (κ2) is 11.5. The van der Waals surface area contributed by atoms with Gasteiger partial charge in [-0.3, -0.25) is 9.48 Å². The van der Waals surface area contributed by atoms with Gasteiger partial charge in [-0.25, -0.2) is 0 Å². The Bertz CT molecular complexity index is 1070. The van der Waals surface area contributed by atoms with Gasteiger partial charge in [-0.2, -0.15) is 5.10 Å². The number of nitrogens with one attached hydrogen (secondary N) is 1. The molecule has 0 bridgehead atoms. The molecule has 178 valence electrons. The highest BCUT2D eigenvalue weighted by atomic mass is 127. The van der Waals surface area contributed by atoms with Crippen molar-refractivity contribution in [2.45, 2.75) is 44.8 Å². The first-order valence-electron chi connectivity index (χ1n) is 10.9. The van der Waals surface area contributed by atoms with Gasteiger partial charge in [0.25, 0.3) is 5.91 Å². The number of hydrogen-bond acceptors (Lipinski definition) is 6. The van der Waals surface area contributed by atoms with Crippen LogP contribution in [0.4, 0.5) is 5.69 Å². The first kappa shape index (κ1) is 25.0. The van der Waals surface area contributed by atoms with Crippen molar-refractivity contribution < 1.29 is 19.8 Å². The summed E-state index contributed by atoms with van der Waals surface area (Å²) in [4.78, 5) is 14.4. The van der Waals surface area contributed by atoms with E-state index in [1.165, 1.54) is 0 Å². The number of ether oxygens (including phenoxy) is 1. The SMILES string of the molecule is CCOc1cc2nn(C3CCC(O)CC3)cc2cc1NC(=O)/C(I)=C/C=C\C(=N\O)N(C)C. The van der Waals surface area contributed by atoms with E-state index in [9.17, 15) is 9.90 Å². The Kier molecular flexibility index (Phi) is 8.73. The van der Waals surface area contributed by atoms with Crippen molar-refractivity contribution in [2.24, 2.45) is 5.16 Å². The van der Waals surface area contributed by atoms with Crippen LogP contribution < -0.4 is 10.1 Å². The van der Waals surface area contributed by atoms with Crippen LogP contribution in [0.15, 0.2) is 45.3 Å². The number of aromatic nitrogens is 2. The van der Waals surface area contributed by atoms with Crippen molar-refractivity contribution in [3.05, 3.63) is 40.1 Å². The number of fused-ring (bicyclic) bond motifs is 1. The number of amidine groups is 1. The van der Waals surface area contributed by atoms with Crippen molar-refractivity contribution in [3.63, 3.8) is 0 Å². The number of oxime groups is 1. The fourth-order valence-corrected chi connectivity index (χ4v) is 4.04. The van der Waals surface area contributed by atoms with Crippen LogP contribution >= 0.6 is 22.6 Å². The molecule has 0 spiro atoms. The second-order valence-electron chi connectivity index (χ2n) is 8.09. The highest BCUT2D eigenvalue weighted by molar-refractivity contribution is 14.1. The number of likely N-dealkylation sites (N-methyl/N-ethyl adjacent to an activating group) is 1. The van der Waals surface area contributed by atoms with E-state index in [4.69, 9.17) is 15.0 Å². The van der Waals surface area contributed by atoms with Gasteiger partial charge >= 0.3 is 0 Å². The number of carbonyl (C=O) groups excluding carboxylic acids is 1. The van der Waals surface area contributed by atoms with Gasteiger partial charge in [0.15, 0.2) is 5.84 Å². The van der Waals surface area contributed by atoms with Crippen molar-refractivity contribution in [1.82, 2.24) is 14.7 Å². The summed E-state index contributed by atoms with van der Waals surface area (Å²) >= 11 is 1.96. The van der Waals surface area contributed by atoms with Crippen LogP contribution in [-0.2, 0) is 4.79 Å². The Hall–Kier alpha value is -2.60. The summed E-state index contributed by atoms with van der Waals surface area (Å²) in [6.07, 6.45) is 10.0. The molecule has 1 amide bonds. The zero-order valence-corrected chi connectivity index (χ0v) is 21.2. The largest absolute Gasteiger partial charge is 0.492 e. The van der Waals surface area contributed by atoms with Gasteiger partial charge in [-0.15, -0.1) is 0 Å². The predicted molar refractivity (Wildman–Crippen MR) is 137 cm³/mol. The van der Waals surface area contributed by atoms with Gasteiger partial charge in [0.2, 0.25) is 0 Å². The van der Waals surface area contributed by atoms with Crippen LogP contribution in [0.1, 0.15) is 38.6 Å². The normalized spacial score (nSPS) is 19.8. The summed E-state index contributed by atoms with van der Waals surface area (Å²) in [5.74, 6) is 0.649. The maximum Gasteiger partial charge on any atom is 0.261 e. The molecule has 0 saturated heterocycles. The van der Waals surface area contributed by atoms with Crippen LogP contribution in [-0.4, -0.2) is 63.5 Å². The second-order valence-corrected chi connectivity index (χ2v) is 9.25. The fraction of sp³-hybridized carbons (Fsp3) is 0.435. The Balaban J connectivity index is 1.80. The zero-order valence-electron chi connectivity index (χ0n) is 19.0. The molecule has 0 unspecified atom stereocenters. The molecule has 3 N–H and O–H groups in total. The lowest BCUT2D eigenvalue weighted by Crippen LogP contribution is -2.21. The molecule has 1 aromatic carbocycles. The number of benzene rings is 1. The van der Waals surface area contributed by atoms with Crippen molar-refractivity contribution in [1.29, 1.82) is 0 Å². The maximum absolute atomic E-state index is 12.8. The minimum absolute atomic E-state index is 0.214. The van der Waals surface area contributed by atoms with Crippen molar-refractivity contribution in [2.75, 3.05) is 26.0 Å². The number of aliphatic hydroxyl groups is 1. The van der Waals surface area contributed by atoms with E-state index in [0.29, 0.717) is 27.5 Å². The lowest BCUT2D eigenvalue weighted by Gasteiger charge is -2.25. The molecule has 1 aliphatic carbocycles. The summed E-state index contributed by atoms with van der Waals surface area (Å²) in [5.41, 5.74) is 1.38. The number of anilines is 1. The van der Waals surface area contributed by atoms with E-state index in [-0.39, 0.29) is 18.1 Å². The summed E-state index contributed by atoms with van der Waals surface area (Å²) in [6, 6.07) is 3.99. The molecule has 1 fully saturated rings. The minimum atomic E-state index is -0.276. The summed E-state index contributed by atoms with van der Waals surface area (Å²) in [5, 5.41) is 30.5. The molecule has 1 aliphatic rings. The highest BCUT2D eigenvalue weighted by Gasteiger charge is 2.22. The molecule has 0 aliphatic heterocycles. The lowest BCUT2D eigenvalue weighted by atomic mass is 9.93. The van der Waals surface area contributed by atoms with Crippen molar-refractivity contribution >= 4 is 50.9 Å². The van der Waals surface area contributed by atoms with E-state index in [1.54, 1.807) is 37.2 Å². The predicted octanol–water partition coefficient (Wildman–Crippen LogP) is 4.07. The summed E-state index contributed by atoms with van der Waals surface area (Å²) < 4.78 is 8.19. The van der Waals surface area contributed by atoms with Gasteiger partial charge in [0.05, 0.1) is 33.5 Å². The van der Waals surface area contributed by atoms with Crippen LogP contribution in [0.2, 0.25) is 0 Å². The molecule has 0 radical (unpaired) electrons. The molecule has 2 aromatic rings. The molecule has 3 rings (SSSR count). The third-order valence-electron chi connectivity index (χ3n) is 5.48. The molecular formula is C23H30IN5O4. The maximum atomic E-state index is 12.8. The Morgan fingerprint density at radius 3 is 2.73 bits per heavy atom. The standard InChI is InChI=1S/C23H30IN5O4/c1-4-33-21-13-19-15(14-29(26-19)16-8-10-17(30)11-9-16)12-20(21)25-23(31)18(24)6-5-7-22(27-32)28(2)3/h5-7,12-14,16-17,30,32H,4,8-11H2,1-3H3,(H,25,31)/b7-5-,18-6-,27-22-. The first-order chi connectivity index (χ1) is 15.8. The topological polar surface area (TPSA) is 112 Å². The molecule has 1 aromatic heterocycles. The van der Waals surface area contributed by atoms with Crippen LogP contribution in [0.3, 0.4) is 0 Å². The van der Waals surface area contributed by atoms with E-state index in [2.05, 4.69) is 10.5 Å².